The Balaban J connectivity index is 3.40. The summed E-state index contributed by atoms with van der Waals surface area (Å²) in [7, 11) is 0. The van der Waals surface area contributed by atoms with E-state index in [2.05, 4.69) is 32.2 Å². The summed E-state index contributed by atoms with van der Waals surface area (Å²) in [6.07, 6.45) is 3.86. The van der Waals surface area contributed by atoms with Gasteiger partial charge < -0.3 is 0 Å². The molecule has 0 rings (SSSR count). The molecule has 0 fully saturated rings. The first-order chi connectivity index (χ1) is 6.70. The maximum atomic E-state index is 8.85. The fourth-order valence-electron chi connectivity index (χ4n) is 1.18. The van der Waals surface area contributed by atoms with Gasteiger partial charge in [-0.05, 0) is 26.0 Å². The van der Waals surface area contributed by atoms with Crippen LogP contribution >= 0.6 is 11.8 Å². The van der Waals surface area contributed by atoms with Gasteiger partial charge in [-0.2, -0.15) is 17.0 Å². The van der Waals surface area contributed by atoms with Crippen LogP contribution in [0.3, 0.4) is 0 Å². The summed E-state index contributed by atoms with van der Waals surface area (Å²) in [6, 6.07) is 2.71. The maximum Gasteiger partial charge on any atom is 0.105 e. The van der Waals surface area contributed by atoms with Crippen molar-refractivity contribution in [2.45, 2.75) is 52.1 Å². The highest BCUT2D eigenvalue weighted by Crippen LogP contribution is 2.07. The highest BCUT2D eigenvalue weighted by molar-refractivity contribution is 7.99. The standard InChI is InChI=1S/C11H22N2S/c1-4-5-6-7-14-9-11(8-12)13-10(2)3/h10-11,13H,4-7,9H2,1-3H3. The Hall–Kier alpha value is -0.200. The molecule has 0 bridgehead atoms. The minimum atomic E-state index is 0.0154. The van der Waals surface area contributed by atoms with Gasteiger partial charge in [0, 0.05) is 11.8 Å². The van der Waals surface area contributed by atoms with E-state index >= 15 is 0 Å². The van der Waals surface area contributed by atoms with Crippen LogP contribution in [0.25, 0.3) is 0 Å². The molecule has 0 aliphatic heterocycles. The van der Waals surface area contributed by atoms with Crippen molar-refractivity contribution in [1.82, 2.24) is 5.32 Å². The van der Waals surface area contributed by atoms with Crippen molar-refractivity contribution in [3.05, 3.63) is 0 Å². The monoisotopic (exact) mass is 214 g/mol. The Morgan fingerprint density at radius 2 is 2.07 bits per heavy atom. The Labute approximate surface area is 92.5 Å². The first-order valence-electron chi connectivity index (χ1n) is 5.44. The highest BCUT2D eigenvalue weighted by Gasteiger charge is 2.07. The van der Waals surface area contributed by atoms with Crippen molar-refractivity contribution in [2.75, 3.05) is 11.5 Å². The number of nitrogens with zero attached hydrogens (tertiary/aromatic N) is 1. The Kier molecular flexibility index (Phi) is 9.23. The van der Waals surface area contributed by atoms with E-state index in [1.807, 2.05) is 11.8 Å². The Bertz CT molecular complexity index is 163. The molecular formula is C11H22N2S. The van der Waals surface area contributed by atoms with Gasteiger partial charge in [-0.1, -0.05) is 19.8 Å². The van der Waals surface area contributed by atoms with E-state index in [1.165, 1.54) is 25.0 Å². The molecule has 0 aliphatic rings. The van der Waals surface area contributed by atoms with Crippen LogP contribution in [-0.2, 0) is 0 Å². The molecule has 0 saturated carbocycles. The van der Waals surface area contributed by atoms with Crippen LogP contribution in [0.4, 0.5) is 0 Å². The summed E-state index contributed by atoms with van der Waals surface area (Å²) in [5.41, 5.74) is 0. The molecule has 0 heterocycles. The molecule has 0 amide bonds. The summed E-state index contributed by atoms with van der Waals surface area (Å²) >= 11 is 1.88. The third kappa shape index (κ3) is 8.40. The summed E-state index contributed by atoms with van der Waals surface area (Å²) in [6.45, 7) is 6.36. The van der Waals surface area contributed by atoms with E-state index in [4.69, 9.17) is 5.26 Å². The van der Waals surface area contributed by atoms with Crippen LogP contribution in [-0.4, -0.2) is 23.6 Å². The molecule has 2 nitrogen and oxygen atoms in total. The van der Waals surface area contributed by atoms with Crippen molar-refractivity contribution < 1.29 is 0 Å². The molecule has 0 aromatic rings. The molecule has 0 saturated heterocycles. The lowest BCUT2D eigenvalue weighted by molar-refractivity contribution is 0.560. The summed E-state index contributed by atoms with van der Waals surface area (Å²) in [5, 5.41) is 12.1. The molecule has 0 aliphatic carbocycles. The van der Waals surface area contributed by atoms with Crippen LogP contribution in [0.5, 0.6) is 0 Å². The lowest BCUT2D eigenvalue weighted by atomic mass is 10.3. The summed E-state index contributed by atoms with van der Waals surface area (Å²) < 4.78 is 0. The number of unbranched alkanes of at least 4 members (excludes halogenated alkanes) is 2. The average Bonchev–Trinajstić information content (AvgIpc) is 2.15. The maximum absolute atomic E-state index is 8.85. The Morgan fingerprint density at radius 3 is 2.57 bits per heavy atom. The third-order valence-corrected chi connectivity index (χ3v) is 3.01. The van der Waals surface area contributed by atoms with Crippen molar-refractivity contribution in [2.24, 2.45) is 0 Å². The van der Waals surface area contributed by atoms with Gasteiger partial charge in [0.1, 0.15) is 6.04 Å². The minimum absolute atomic E-state index is 0.0154. The van der Waals surface area contributed by atoms with Crippen LogP contribution in [0.2, 0.25) is 0 Å². The van der Waals surface area contributed by atoms with Gasteiger partial charge in [0.2, 0.25) is 0 Å². The van der Waals surface area contributed by atoms with Gasteiger partial charge in [-0.25, -0.2) is 0 Å². The molecule has 14 heavy (non-hydrogen) atoms. The predicted molar refractivity (Wildman–Crippen MR) is 64.5 cm³/mol. The second kappa shape index (κ2) is 9.36. The number of thioether (sulfide) groups is 1. The zero-order valence-electron chi connectivity index (χ0n) is 9.55. The number of nitriles is 1. The lowest BCUT2D eigenvalue weighted by Crippen LogP contribution is -2.35. The van der Waals surface area contributed by atoms with Crippen molar-refractivity contribution in [3.8, 4) is 6.07 Å². The van der Waals surface area contributed by atoms with Crippen LogP contribution in [0, 0.1) is 11.3 Å². The minimum Gasteiger partial charge on any atom is -0.299 e. The number of nitrogens with one attached hydrogen (secondary N) is 1. The van der Waals surface area contributed by atoms with Crippen molar-refractivity contribution in [3.63, 3.8) is 0 Å². The second-order valence-electron chi connectivity index (χ2n) is 3.79. The fraction of sp³-hybridized carbons (Fsp3) is 0.909. The quantitative estimate of drug-likeness (QED) is 0.631. The molecule has 0 radical (unpaired) electrons. The Morgan fingerprint density at radius 1 is 1.36 bits per heavy atom. The molecule has 0 aromatic carbocycles. The molecule has 1 N–H and O–H groups in total. The van der Waals surface area contributed by atoms with Crippen molar-refractivity contribution >= 4 is 11.8 Å². The SMILES string of the molecule is CCCCCSCC(C#N)NC(C)C. The zero-order valence-corrected chi connectivity index (χ0v) is 10.4. The molecule has 3 heteroatoms. The zero-order chi connectivity index (χ0) is 10.8. The highest BCUT2D eigenvalue weighted by atomic mass is 32.2. The smallest absolute Gasteiger partial charge is 0.105 e. The van der Waals surface area contributed by atoms with E-state index < -0.39 is 0 Å². The van der Waals surface area contributed by atoms with Crippen molar-refractivity contribution in [1.29, 1.82) is 5.26 Å². The average molecular weight is 214 g/mol. The molecular weight excluding hydrogens is 192 g/mol. The number of hydrogen-bond acceptors (Lipinski definition) is 3. The largest absolute Gasteiger partial charge is 0.299 e. The number of rotatable bonds is 8. The van der Waals surface area contributed by atoms with Gasteiger partial charge in [-0.3, -0.25) is 5.32 Å². The topological polar surface area (TPSA) is 35.8 Å². The summed E-state index contributed by atoms with van der Waals surface area (Å²) in [4.78, 5) is 0. The molecule has 0 spiro atoms. The molecule has 1 atom stereocenters. The van der Waals surface area contributed by atoms with Crippen LogP contribution < -0.4 is 5.32 Å². The van der Waals surface area contributed by atoms with E-state index in [-0.39, 0.29) is 6.04 Å². The van der Waals surface area contributed by atoms with Crippen LogP contribution in [0.15, 0.2) is 0 Å². The van der Waals surface area contributed by atoms with Gasteiger partial charge in [0.15, 0.2) is 0 Å². The summed E-state index contributed by atoms with van der Waals surface area (Å²) in [5.74, 6) is 2.10. The fourth-order valence-corrected chi connectivity index (χ4v) is 2.16. The van der Waals surface area contributed by atoms with Gasteiger partial charge in [0.05, 0.1) is 6.07 Å². The van der Waals surface area contributed by atoms with E-state index in [0.29, 0.717) is 6.04 Å². The predicted octanol–water partition coefficient (Wildman–Crippen LogP) is 2.80. The molecule has 1 unspecified atom stereocenters. The number of hydrogen-bond donors (Lipinski definition) is 1. The van der Waals surface area contributed by atoms with E-state index in [9.17, 15) is 0 Å². The molecule has 82 valence electrons. The van der Waals surface area contributed by atoms with Gasteiger partial charge in [0.25, 0.3) is 0 Å². The molecule has 0 aromatic heterocycles. The van der Waals surface area contributed by atoms with E-state index in [0.717, 1.165) is 5.75 Å². The van der Waals surface area contributed by atoms with Gasteiger partial charge >= 0.3 is 0 Å². The third-order valence-electron chi connectivity index (χ3n) is 1.87. The lowest BCUT2D eigenvalue weighted by Gasteiger charge is -2.13. The van der Waals surface area contributed by atoms with Crippen LogP contribution in [0.1, 0.15) is 40.0 Å². The second-order valence-corrected chi connectivity index (χ2v) is 4.93. The normalized spacial score (nSPS) is 12.8. The van der Waals surface area contributed by atoms with Gasteiger partial charge in [-0.15, -0.1) is 0 Å². The van der Waals surface area contributed by atoms with E-state index in [1.54, 1.807) is 0 Å². The first-order valence-corrected chi connectivity index (χ1v) is 6.59. The first kappa shape index (κ1) is 13.8.